The molecule has 0 saturated heterocycles. The fourth-order valence-corrected chi connectivity index (χ4v) is 7.14. The van der Waals surface area contributed by atoms with Crippen LogP contribution in [0, 0.1) is 0 Å². The van der Waals surface area contributed by atoms with E-state index in [1.165, 1.54) is 148 Å². The number of rotatable bonds is 42. The lowest BCUT2D eigenvalue weighted by Gasteiger charge is -2.28. The SMILES string of the molecule is CCCCCCCC/C=C\CCCCCCCCCCCC(=O)OC[C@H](COP(=O)([O-])OCC[N+](C)(C)C)OC(=O)CCCCCCCCCCCCCC. The molecule has 0 aromatic rings. The minimum absolute atomic E-state index is 0.0278. The van der Waals surface area contributed by atoms with Crippen LogP contribution >= 0.6 is 7.82 Å². The Bertz CT molecular complexity index is 954. The molecule has 0 rings (SSSR count). The molecule has 0 aliphatic carbocycles. The first-order valence-corrected chi connectivity index (χ1v) is 24.4. The molecule has 9 nitrogen and oxygen atoms in total. The number of hydrogen-bond acceptors (Lipinski definition) is 8. The summed E-state index contributed by atoms with van der Waals surface area (Å²) in [5, 5.41) is 0. The largest absolute Gasteiger partial charge is 0.756 e. The molecular weight excluding hydrogens is 713 g/mol. The second-order valence-electron chi connectivity index (χ2n) is 16.8. The first-order valence-electron chi connectivity index (χ1n) is 22.9. The van der Waals surface area contributed by atoms with Gasteiger partial charge in [-0.1, -0.05) is 174 Å². The summed E-state index contributed by atoms with van der Waals surface area (Å²) in [6.45, 7) is 4.24. The molecule has 0 N–H and O–H groups in total. The number of esters is 2. The summed E-state index contributed by atoms with van der Waals surface area (Å²) < 4.78 is 33.9. The molecule has 55 heavy (non-hydrogen) atoms. The molecule has 326 valence electrons. The summed E-state index contributed by atoms with van der Waals surface area (Å²) in [5.41, 5.74) is 0. The standard InChI is InChI=1S/C45H88NO8P/c1-6-8-10-12-14-16-18-20-21-22-23-24-25-26-28-29-31-33-35-37-44(47)51-41-43(42-53-55(49,50)52-40-39-46(3,4)5)54-45(48)38-36-34-32-30-27-19-17-15-13-11-9-7-2/h20-21,43H,6-19,22-42H2,1-5H3/b21-20-/t43-/m1/s1. The number of carbonyl (C=O) groups excluding carboxylic acids is 2. The van der Waals surface area contributed by atoms with Crippen LogP contribution in [-0.2, 0) is 32.7 Å². The molecule has 0 radical (unpaired) electrons. The summed E-state index contributed by atoms with van der Waals surface area (Å²) in [5.74, 6) is -0.827. The molecule has 0 fully saturated rings. The highest BCUT2D eigenvalue weighted by Gasteiger charge is 2.21. The van der Waals surface area contributed by atoms with Crippen LogP contribution in [-0.4, -0.2) is 70.0 Å². The van der Waals surface area contributed by atoms with E-state index in [1.54, 1.807) is 0 Å². The van der Waals surface area contributed by atoms with Gasteiger partial charge < -0.3 is 27.9 Å². The highest BCUT2D eigenvalue weighted by atomic mass is 31.2. The minimum atomic E-state index is -4.62. The highest BCUT2D eigenvalue weighted by molar-refractivity contribution is 7.45. The van der Waals surface area contributed by atoms with Crippen LogP contribution < -0.4 is 4.89 Å². The minimum Gasteiger partial charge on any atom is -0.756 e. The number of nitrogens with zero attached hydrogens (tertiary/aromatic N) is 1. The molecule has 0 aromatic carbocycles. The number of ether oxygens (including phenoxy) is 2. The quantitative estimate of drug-likeness (QED) is 0.0197. The summed E-state index contributed by atoms with van der Waals surface area (Å²) in [6, 6.07) is 0. The van der Waals surface area contributed by atoms with Gasteiger partial charge in [-0.25, -0.2) is 0 Å². The number of hydrogen-bond donors (Lipinski definition) is 0. The van der Waals surface area contributed by atoms with Crippen LogP contribution in [0.2, 0.25) is 0 Å². The van der Waals surface area contributed by atoms with E-state index in [2.05, 4.69) is 26.0 Å². The van der Waals surface area contributed by atoms with Gasteiger partial charge in [0.1, 0.15) is 19.8 Å². The molecule has 0 spiro atoms. The zero-order chi connectivity index (χ0) is 40.7. The third-order valence-corrected chi connectivity index (χ3v) is 11.0. The molecule has 1 unspecified atom stereocenters. The Kier molecular flexibility index (Phi) is 37.4. The van der Waals surface area contributed by atoms with E-state index in [-0.39, 0.29) is 32.0 Å². The van der Waals surface area contributed by atoms with Gasteiger partial charge in [-0.15, -0.1) is 0 Å². The Hall–Kier alpha value is -1.25. The predicted octanol–water partition coefficient (Wildman–Crippen LogP) is 12.3. The lowest BCUT2D eigenvalue weighted by atomic mass is 10.0. The van der Waals surface area contributed by atoms with Crippen molar-refractivity contribution in [3.8, 4) is 0 Å². The van der Waals surface area contributed by atoms with E-state index in [0.29, 0.717) is 17.4 Å². The molecule has 2 atom stereocenters. The second-order valence-corrected chi connectivity index (χ2v) is 18.2. The fourth-order valence-electron chi connectivity index (χ4n) is 6.41. The van der Waals surface area contributed by atoms with Gasteiger partial charge in [0.15, 0.2) is 6.10 Å². The van der Waals surface area contributed by atoms with Crippen molar-refractivity contribution in [1.82, 2.24) is 0 Å². The smallest absolute Gasteiger partial charge is 0.306 e. The summed E-state index contributed by atoms with van der Waals surface area (Å²) >= 11 is 0. The normalized spacial score (nSPS) is 13.6. The lowest BCUT2D eigenvalue weighted by Crippen LogP contribution is -2.37. The third-order valence-electron chi connectivity index (χ3n) is 10.0. The first-order chi connectivity index (χ1) is 26.5. The van der Waals surface area contributed by atoms with E-state index in [0.717, 1.165) is 32.1 Å². The van der Waals surface area contributed by atoms with Crippen LogP contribution in [0.25, 0.3) is 0 Å². The van der Waals surface area contributed by atoms with Gasteiger partial charge in [0.05, 0.1) is 27.7 Å². The summed E-state index contributed by atoms with van der Waals surface area (Å²) in [4.78, 5) is 37.5. The molecule has 0 amide bonds. The maximum absolute atomic E-state index is 12.6. The number of quaternary nitrogens is 1. The summed E-state index contributed by atoms with van der Waals surface area (Å²) in [6.07, 6.45) is 39.5. The maximum Gasteiger partial charge on any atom is 0.306 e. The molecule has 0 saturated carbocycles. The van der Waals surface area contributed by atoms with Gasteiger partial charge in [0, 0.05) is 12.8 Å². The van der Waals surface area contributed by atoms with Crippen LogP contribution in [0.4, 0.5) is 0 Å². The Balaban J connectivity index is 4.26. The van der Waals surface area contributed by atoms with E-state index in [9.17, 15) is 19.0 Å². The van der Waals surface area contributed by atoms with Crippen LogP contribution in [0.15, 0.2) is 12.2 Å². The van der Waals surface area contributed by atoms with E-state index in [1.807, 2.05) is 21.1 Å². The van der Waals surface area contributed by atoms with Crippen molar-refractivity contribution in [2.24, 2.45) is 0 Å². The molecule has 0 aromatic heterocycles. The average Bonchev–Trinajstić information content (AvgIpc) is 3.13. The first kappa shape index (κ1) is 53.8. The molecule has 0 aliphatic heterocycles. The monoisotopic (exact) mass is 802 g/mol. The Labute approximate surface area is 339 Å². The van der Waals surface area contributed by atoms with Gasteiger partial charge in [-0.2, -0.15) is 0 Å². The lowest BCUT2D eigenvalue weighted by molar-refractivity contribution is -0.870. The van der Waals surface area contributed by atoms with Crippen molar-refractivity contribution in [2.75, 3.05) is 47.5 Å². The van der Waals surface area contributed by atoms with Crippen molar-refractivity contribution in [1.29, 1.82) is 0 Å². The third kappa shape index (κ3) is 42.2. The zero-order valence-corrected chi connectivity index (χ0v) is 37.5. The molecule has 0 heterocycles. The number of phosphoric acid groups is 1. The number of carbonyl (C=O) groups is 2. The Morgan fingerprint density at radius 3 is 1.35 bits per heavy atom. The fraction of sp³-hybridized carbons (Fsp3) is 0.911. The zero-order valence-electron chi connectivity index (χ0n) is 36.6. The average molecular weight is 802 g/mol. The highest BCUT2D eigenvalue weighted by Crippen LogP contribution is 2.38. The molecule has 0 bridgehead atoms. The number of likely N-dealkylation sites (N-methyl/N-ethyl adjacent to an activating group) is 1. The van der Waals surface area contributed by atoms with Crippen LogP contribution in [0.3, 0.4) is 0 Å². The van der Waals surface area contributed by atoms with E-state index >= 15 is 0 Å². The molecule has 10 heteroatoms. The van der Waals surface area contributed by atoms with Crippen LogP contribution in [0.5, 0.6) is 0 Å². The van der Waals surface area contributed by atoms with Crippen molar-refractivity contribution in [3.05, 3.63) is 12.2 Å². The summed E-state index contributed by atoms with van der Waals surface area (Å²) in [7, 11) is 1.17. The topological polar surface area (TPSA) is 111 Å². The van der Waals surface area contributed by atoms with E-state index < -0.39 is 26.5 Å². The van der Waals surface area contributed by atoms with Crippen molar-refractivity contribution in [2.45, 2.75) is 219 Å². The van der Waals surface area contributed by atoms with Gasteiger partial charge in [0.25, 0.3) is 7.82 Å². The van der Waals surface area contributed by atoms with Gasteiger partial charge in [-0.3, -0.25) is 14.2 Å². The van der Waals surface area contributed by atoms with Crippen LogP contribution in [0.1, 0.15) is 213 Å². The predicted molar refractivity (Wildman–Crippen MR) is 227 cm³/mol. The maximum atomic E-state index is 12.6. The Morgan fingerprint density at radius 1 is 0.545 bits per heavy atom. The van der Waals surface area contributed by atoms with Gasteiger partial charge in [0.2, 0.25) is 0 Å². The Morgan fingerprint density at radius 2 is 0.927 bits per heavy atom. The van der Waals surface area contributed by atoms with Crippen molar-refractivity contribution >= 4 is 19.8 Å². The number of phosphoric ester groups is 1. The van der Waals surface area contributed by atoms with Gasteiger partial charge >= 0.3 is 11.9 Å². The van der Waals surface area contributed by atoms with E-state index in [4.69, 9.17) is 18.5 Å². The second kappa shape index (κ2) is 38.3. The van der Waals surface area contributed by atoms with Crippen molar-refractivity contribution < 1.29 is 42.1 Å². The van der Waals surface area contributed by atoms with Gasteiger partial charge in [-0.05, 0) is 38.5 Å². The number of allylic oxidation sites excluding steroid dienone is 2. The van der Waals surface area contributed by atoms with Crippen molar-refractivity contribution in [3.63, 3.8) is 0 Å². The molecule has 0 aliphatic rings. The number of unbranched alkanes of at least 4 members (excludes halogenated alkanes) is 26. The molecular formula is C45H88NO8P.